The molecule has 0 aromatic carbocycles. The normalized spacial score (nSPS) is 23.5. The Bertz CT molecular complexity index is 132. The molecule has 0 aromatic heterocycles. The number of aliphatic hydroxyl groups excluding tert-OH is 1. The summed E-state index contributed by atoms with van der Waals surface area (Å²) in [7, 11) is 0. The molecule has 0 radical (unpaired) electrons. The Labute approximate surface area is 65.5 Å². The number of nitrogens with one attached hydrogen (secondary N) is 1. The van der Waals surface area contributed by atoms with Crippen molar-refractivity contribution in [3.05, 3.63) is 0 Å². The molecule has 4 nitrogen and oxygen atoms in total. The van der Waals surface area contributed by atoms with Gasteiger partial charge in [-0.2, -0.15) is 0 Å². The van der Waals surface area contributed by atoms with Crippen LogP contribution in [0.2, 0.25) is 0 Å². The largest absolute Gasteiger partial charge is 0.462 e. The molecule has 1 rings (SSSR count). The minimum Gasteiger partial charge on any atom is -0.462 e. The molecule has 0 unspecified atom stereocenters. The van der Waals surface area contributed by atoms with E-state index in [4.69, 9.17) is 9.84 Å². The van der Waals surface area contributed by atoms with Crippen LogP contribution in [0.1, 0.15) is 12.8 Å². The molecule has 1 atom stereocenters. The Morgan fingerprint density at radius 2 is 2.55 bits per heavy atom. The molecule has 0 amide bonds. The van der Waals surface area contributed by atoms with Gasteiger partial charge < -0.3 is 15.2 Å². The summed E-state index contributed by atoms with van der Waals surface area (Å²) >= 11 is 0. The fraction of sp³-hybridized carbons (Fsp3) is 0.857. The standard InChI is InChI=1S/C7H13NO3/c9-4-5-11-7(10)6-2-1-3-8-6/h6,8-9H,1-5H2/t6-/m0/s1. The zero-order valence-electron chi connectivity index (χ0n) is 6.38. The van der Waals surface area contributed by atoms with Crippen LogP contribution in [0.25, 0.3) is 0 Å². The molecular weight excluding hydrogens is 146 g/mol. The predicted octanol–water partition coefficient (Wildman–Crippen LogP) is -0.726. The molecule has 4 heteroatoms. The molecule has 2 N–H and O–H groups in total. The maximum Gasteiger partial charge on any atom is 0.323 e. The van der Waals surface area contributed by atoms with Crippen molar-refractivity contribution in [2.24, 2.45) is 0 Å². The summed E-state index contributed by atoms with van der Waals surface area (Å²) in [6.07, 6.45) is 1.88. The fourth-order valence-electron chi connectivity index (χ4n) is 1.13. The monoisotopic (exact) mass is 159 g/mol. The average Bonchev–Trinajstić information content (AvgIpc) is 2.52. The SMILES string of the molecule is O=C(OCCO)[C@@H]1CCCN1. The first kappa shape index (κ1) is 8.49. The van der Waals surface area contributed by atoms with Gasteiger partial charge in [0.1, 0.15) is 12.6 Å². The summed E-state index contributed by atoms with van der Waals surface area (Å²) in [4.78, 5) is 11.0. The number of hydrogen-bond acceptors (Lipinski definition) is 4. The van der Waals surface area contributed by atoms with E-state index in [0.717, 1.165) is 19.4 Å². The molecular formula is C7H13NO3. The molecule has 1 aliphatic heterocycles. The predicted molar refractivity (Wildman–Crippen MR) is 39.1 cm³/mol. The van der Waals surface area contributed by atoms with Crippen LogP contribution < -0.4 is 5.32 Å². The van der Waals surface area contributed by atoms with Crippen molar-refractivity contribution in [3.63, 3.8) is 0 Å². The van der Waals surface area contributed by atoms with E-state index >= 15 is 0 Å². The zero-order valence-corrected chi connectivity index (χ0v) is 6.38. The first-order valence-electron chi connectivity index (χ1n) is 3.85. The summed E-state index contributed by atoms with van der Waals surface area (Å²) in [5.74, 6) is -0.239. The van der Waals surface area contributed by atoms with Gasteiger partial charge >= 0.3 is 5.97 Å². The van der Waals surface area contributed by atoms with Crippen molar-refractivity contribution in [1.29, 1.82) is 0 Å². The third kappa shape index (κ3) is 2.48. The van der Waals surface area contributed by atoms with Crippen molar-refractivity contribution >= 4 is 5.97 Å². The average molecular weight is 159 g/mol. The highest BCUT2D eigenvalue weighted by Crippen LogP contribution is 2.05. The van der Waals surface area contributed by atoms with Gasteiger partial charge in [-0.3, -0.25) is 4.79 Å². The molecule has 64 valence electrons. The van der Waals surface area contributed by atoms with Gasteiger partial charge in [-0.25, -0.2) is 0 Å². The molecule has 0 aliphatic carbocycles. The van der Waals surface area contributed by atoms with E-state index in [1.807, 2.05) is 0 Å². The Morgan fingerprint density at radius 3 is 3.09 bits per heavy atom. The number of hydrogen-bond donors (Lipinski definition) is 2. The second kappa shape index (κ2) is 4.31. The first-order chi connectivity index (χ1) is 5.34. The summed E-state index contributed by atoms with van der Waals surface area (Å²) < 4.78 is 4.72. The van der Waals surface area contributed by atoms with Crippen molar-refractivity contribution in [2.75, 3.05) is 19.8 Å². The van der Waals surface area contributed by atoms with Gasteiger partial charge in [0.25, 0.3) is 0 Å². The zero-order chi connectivity index (χ0) is 8.10. The number of rotatable bonds is 3. The highest BCUT2D eigenvalue weighted by molar-refractivity contribution is 5.76. The number of aliphatic hydroxyl groups is 1. The number of carbonyl (C=O) groups excluding carboxylic acids is 1. The lowest BCUT2D eigenvalue weighted by Crippen LogP contribution is -2.32. The maximum atomic E-state index is 11.0. The lowest BCUT2D eigenvalue weighted by Gasteiger charge is -2.08. The smallest absolute Gasteiger partial charge is 0.323 e. The summed E-state index contributed by atoms with van der Waals surface area (Å²) in [5.41, 5.74) is 0. The quantitative estimate of drug-likeness (QED) is 0.533. The molecule has 0 spiro atoms. The summed E-state index contributed by atoms with van der Waals surface area (Å²) in [6, 6.07) is -0.137. The van der Waals surface area contributed by atoms with Gasteiger partial charge in [0.2, 0.25) is 0 Å². The van der Waals surface area contributed by atoms with E-state index in [1.165, 1.54) is 0 Å². The first-order valence-corrected chi connectivity index (χ1v) is 3.85. The van der Waals surface area contributed by atoms with E-state index in [1.54, 1.807) is 0 Å². The van der Waals surface area contributed by atoms with Gasteiger partial charge in [-0.15, -0.1) is 0 Å². The second-order valence-electron chi connectivity index (χ2n) is 2.54. The van der Waals surface area contributed by atoms with Crippen molar-refractivity contribution < 1.29 is 14.6 Å². The van der Waals surface area contributed by atoms with Gasteiger partial charge in [-0.05, 0) is 19.4 Å². The molecule has 0 saturated carbocycles. The summed E-state index contributed by atoms with van der Waals surface area (Å²) in [6.45, 7) is 0.897. The molecule has 1 fully saturated rings. The number of carbonyl (C=O) groups is 1. The minimum atomic E-state index is -0.239. The number of ether oxygens (including phenoxy) is 1. The Hall–Kier alpha value is -0.610. The van der Waals surface area contributed by atoms with Crippen LogP contribution in [-0.2, 0) is 9.53 Å². The van der Waals surface area contributed by atoms with E-state index in [9.17, 15) is 4.79 Å². The van der Waals surface area contributed by atoms with Gasteiger partial charge in [0.05, 0.1) is 6.61 Å². The molecule has 11 heavy (non-hydrogen) atoms. The van der Waals surface area contributed by atoms with Crippen LogP contribution in [0.15, 0.2) is 0 Å². The van der Waals surface area contributed by atoms with Crippen LogP contribution in [-0.4, -0.2) is 36.9 Å². The Balaban J connectivity index is 2.17. The number of esters is 1. The van der Waals surface area contributed by atoms with E-state index in [0.29, 0.717) is 0 Å². The van der Waals surface area contributed by atoms with Crippen LogP contribution >= 0.6 is 0 Å². The summed E-state index contributed by atoms with van der Waals surface area (Å²) in [5, 5.41) is 11.4. The van der Waals surface area contributed by atoms with Crippen LogP contribution in [0, 0.1) is 0 Å². The van der Waals surface area contributed by atoms with Gasteiger partial charge in [-0.1, -0.05) is 0 Å². The molecule has 0 bridgehead atoms. The second-order valence-corrected chi connectivity index (χ2v) is 2.54. The highest BCUT2D eigenvalue weighted by Gasteiger charge is 2.22. The Kier molecular flexibility index (Phi) is 3.32. The van der Waals surface area contributed by atoms with Crippen LogP contribution in [0.5, 0.6) is 0 Å². The van der Waals surface area contributed by atoms with Crippen molar-refractivity contribution in [3.8, 4) is 0 Å². The fourth-order valence-corrected chi connectivity index (χ4v) is 1.13. The lowest BCUT2D eigenvalue weighted by molar-refractivity contribution is -0.146. The van der Waals surface area contributed by atoms with E-state index in [-0.39, 0.29) is 25.2 Å². The van der Waals surface area contributed by atoms with Crippen molar-refractivity contribution in [1.82, 2.24) is 5.32 Å². The minimum absolute atomic E-state index is 0.0987. The van der Waals surface area contributed by atoms with E-state index in [2.05, 4.69) is 5.32 Å². The Morgan fingerprint density at radius 1 is 1.73 bits per heavy atom. The lowest BCUT2D eigenvalue weighted by atomic mass is 10.2. The van der Waals surface area contributed by atoms with E-state index < -0.39 is 0 Å². The van der Waals surface area contributed by atoms with Crippen LogP contribution in [0.4, 0.5) is 0 Å². The topological polar surface area (TPSA) is 58.6 Å². The molecule has 0 aromatic rings. The van der Waals surface area contributed by atoms with Gasteiger partial charge in [0.15, 0.2) is 0 Å². The van der Waals surface area contributed by atoms with Crippen molar-refractivity contribution in [2.45, 2.75) is 18.9 Å². The van der Waals surface area contributed by atoms with Crippen LogP contribution in [0.3, 0.4) is 0 Å². The maximum absolute atomic E-state index is 11.0. The molecule has 1 aliphatic rings. The third-order valence-corrected chi connectivity index (χ3v) is 1.68. The highest BCUT2D eigenvalue weighted by atomic mass is 16.5. The van der Waals surface area contributed by atoms with Gasteiger partial charge in [0, 0.05) is 0 Å². The molecule has 1 heterocycles. The third-order valence-electron chi connectivity index (χ3n) is 1.68. The molecule has 1 saturated heterocycles.